The summed E-state index contributed by atoms with van der Waals surface area (Å²) in [6.45, 7) is 0.837. The fraction of sp³-hybridized carbons (Fsp3) is 0.300. The van der Waals surface area contributed by atoms with E-state index in [-0.39, 0.29) is 0 Å². The summed E-state index contributed by atoms with van der Waals surface area (Å²) in [4.78, 5) is 8.59. The lowest BCUT2D eigenvalue weighted by molar-refractivity contribution is 0.472. The Balaban J connectivity index is 1.42. The molecule has 1 aromatic carbocycles. The molecule has 0 bridgehead atoms. The van der Waals surface area contributed by atoms with Gasteiger partial charge in [0.1, 0.15) is 12.1 Å². The van der Waals surface area contributed by atoms with Gasteiger partial charge in [-0.05, 0) is 29.5 Å². The van der Waals surface area contributed by atoms with Crippen molar-refractivity contribution in [3.63, 3.8) is 0 Å². The minimum absolute atomic E-state index is 0.423. The Hall–Kier alpha value is -2.46. The third kappa shape index (κ3) is 3.71. The van der Waals surface area contributed by atoms with Crippen LogP contribution in [-0.4, -0.2) is 14.5 Å². The van der Waals surface area contributed by atoms with Crippen molar-refractivity contribution < 1.29 is 0 Å². The van der Waals surface area contributed by atoms with Gasteiger partial charge in [-0.2, -0.15) is 0 Å². The van der Waals surface area contributed by atoms with Crippen LogP contribution >= 0.6 is 0 Å². The molecule has 2 heterocycles. The molecule has 0 spiro atoms. The van der Waals surface area contributed by atoms with E-state index in [1.807, 2.05) is 23.0 Å². The van der Waals surface area contributed by atoms with E-state index in [4.69, 9.17) is 0 Å². The number of imidazole rings is 1. The molecule has 4 rings (SSSR count). The zero-order valence-corrected chi connectivity index (χ0v) is 13.7. The van der Waals surface area contributed by atoms with E-state index >= 15 is 0 Å². The normalized spacial score (nSPS) is 15.3. The van der Waals surface area contributed by atoms with Crippen molar-refractivity contribution in [3.05, 3.63) is 78.5 Å². The monoisotopic (exact) mass is 318 g/mol. The first-order valence-corrected chi connectivity index (χ1v) is 8.60. The summed E-state index contributed by atoms with van der Waals surface area (Å²) >= 11 is 0. The first kappa shape index (κ1) is 15.1. The van der Waals surface area contributed by atoms with E-state index in [1.165, 1.54) is 30.4 Å². The van der Waals surface area contributed by atoms with Crippen LogP contribution in [0.15, 0.2) is 67.4 Å². The highest BCUT2D eigenvalue weighted by molar-refractivity contribution is 5.26. The average Bonchev–Trinajstić information content (AvgIpc) is 3.29. The summed E-state index contributed by atoms with van der Waals surface area (Å²) in [6, 6.07) is 15.4. The second kappa shape index (κ2) is 6.97. The molecule has 0 saturated heterocycles. The van der Waals surface area contributed by atoms with Gasteiger partial charge in [0.25, 0.3) is 0 Å². The molecule has 24 heavy (non-hydrogen) atoms. The van der Waals surface area contributed by atoms with Crippen LogP contribution in [0.2, 0.25) is 0 Å². The van der Waals surface area contributed by atoms with Gasteiger partial charge in [-0.1, -0.05) is 49.2 Å². The highest BCUT2D eigenvalue weighted by atomic mass is 15.1. The number of nitrogens with zero attached hydrogens (tertiary/aromatic N) is 3. The molecule has 1 aliphatic carbocycles. The summed E-state index contributed by atoms with van der Waals surface area (Å²) in [5.74, 6) is 1.79. The van der Waals surface area contributed by atoms with Gasteiger partial charge in [-0.3, -0.25) is 4.57 Å². The van der Waals surface area contributed by atoms with Crippen molar-refractivity contribution in [1.82, 2.24) is 19.9 Å². The smallest absolute Gasteiger partial charge is 0.137 e. The summed E-state index contributed by atoms with van der Waals surface area (Å²) in [5, 5.41) is 3.72. The third-order valence-corrected chi connectivity index (χ3v) is 4.60. The number of aromatic nitrogens is 3. The summed E-state index contributed by atoms with van der Waals surface area (Å²) in [6.07, 6.45) is 11.4. The van der Waals surface area contributed by atoms with Crippen molar-refractivity contribution in [1.29, 1.82) is 0 Å². The first-order chi connectivity index (χ1) is 11.9. The number of hydrogen-bond donors (Lipinski definition) is 1. The molecule has 1 fully saturated rings. The molecule has 1 atom stereocenters. The van der Waals surface area contributed by atoms with E-state index < -0.39 is 0 Å². The Morgan fingerprint density at radius 1 is 1.12 bits per heavy atom. The minimum atomic E-state index is 0.423. The molecule has 2 aromatic heterocycles. The molecule has 0 radical (unpaired) electrons. The molecule has 1 saturated carbocycles. The van der Waals surface area contributed by atoms with Crippen LogP contribution in [0.4, 0.5) is 0 Å². The zero-order chi connectivity index (χ0) is 16.2. The molecular weight excluding hydrogens is 296 g/mol. The maximum Gasteiger partial charge on any atom is 0.137 e. The number of nitrogens with one attached hydrogen (secondary N) is 1. The van der Waals surface area contributed by atoms with Gasteiger partial charge in [0, 0.05) is 31.2 Å². The molecule has 122 valence electrons. The van der Waals surface area contributed by atoms with E-state index in [9.17, 15) is 0 Å². The van der Waals surface area contributed by atoms with E-state index in [0.29, 0.717) is 6.04 Å². The van der Waals surface area contributed by atoms with E-state index in [2.05, 4.69) is 51.7 Å². The Labute approximate surface area is 142 Å². The van der Waals surface area contributed by atoms with Crippen LogP contribution in [0, 0.1) is 5.92 Å². The zero-order valence-electron chi connectivity index (χ0n) is 13.7. The van der Waals surface area contributed by atoms with Crippen LogP contribution < -0.4 is 5.32 Å². The Morgan fingerprint density at radius 3 is 2.67 bits per heavy atom. The lowest BCUT2D eigenvalue weighted by Crippen LogP contribution is -2.21. The number of pyridine rings is 1. The van der Waals surface area contributed by atoms with Gasteiger partial charge in [0.2, 0.25) is 0 Å². The predicted molar refractivity (Wildman–Crippen MR) is 94.7 cm³/mol. The van der Waals surface area contributed by atoms with Crippen molar-refractivity contribution in [2.24, 2.45) is 5.92 Å². The lowest BCUT2D eigenvalue weighted by Gasteiger charge is -2.19. The molecule has 0 unspecified atom stereocenters. The molecule has 3 aromatic rings. The number of hydrogen-bond acceptors (Lipinski definition) is 3. The van der Waals surface area contributed by atoms with E-state index in [0.717, 1.165) is 18.3 Å². The van der Waals surface area contributed by atoms with Crippen LogP contribution in [0.1, 0.15) is 36.4 Å². The van der Waals surface area contributed by atoms with Gasteiger partial charge in [-0.15, -0.1) is 0 Å². The number of benzene rings is 1. The SMILES string of the molecule is c1ccc([C@H](CC2CC2)NCc2ccc(-n3ccnc3)nc2)cc1. The molecule has 0 amide bonds. The van der Waals surface area contributed by atoms with Crippen LogP contribution in [0.5, 0.6) is 0 Å². The Kier molecular flexibility index (Phi) is 4.38. The van der Waals surface area contributed by atoms with Crippen LogP contribution in [0.3, 0.4) is 0 Å². The molecule has 1 aliphatic rings. The maximum absolute atomic E-state index is 4.53. The van der Waals surface area contributed by atoms with Crippen molar-refractivity contribution in [3.8, 4) is 5.82 Å². The topological polar surface area (TPSA) is 42.7 Å². The largest absolute Gasteiger partial charge is 0.306 e. The predicted octanol–water partition coefficient (Wildman–Crippen LogP) is 3.90. The van der Waals surface area contributed by atoms with Gasteiger partial charge < -0.3 is 5.32 Å². The first-order valence-electron chi connectivity index (χ1n) is 8.60. The minimum Gasteiger partial charge on any atom is -0.306 e. The molecule has 4 nitrogen and oxygen atoms in total. The van der Waals surface area contributed by atoms with Crippen molar-refractivity contribution in [2.45, 2.75) is 31.8 Å². The molecule has 1 N–H and O–H groups in total. The summed E-state index contributed by atoms with van der Waals surface area (Å²) < 4.78 is 1.91. The van der Waals surface area contributed by atoms with Crippen molar-refractivity contribution in [2.75, 3.05) is 0 Å². The highest BCUT2D eigenvalue weighted by Crippen LogP contribution is 2.37. The Bertz CT molecular complexity index is 746. The second-order valence-corrected chi connectivity index (χ2v) is 6.52. The standard InChI is InChI=1S/C20H22N4/c1-2-4-18(5-3-1)19(12-16-6-7-16)22-13-17-8-9-20(23-14-17)24-11-10-21-15-24/h1-5,8-11,14-16,19,22H,6-7,12-13H2/t19-/m0/s1. The molecule has 4 heteroatoms. The van der Waals surface area contributed by atoms with Gasteiger partial charge >= 0.3 is 0 Å². The average molecular weight is 318 g/mol. The van der Waals surface area contributed by atoms with E-state index in [1.54, 1.807) is 12.5 Å². The van der Waals surface area contributed by atoms with Crippen molar-refractivity contribution >= 4 is 0 Å². The third-order valence-electron chi connectivity index (χ3n) is 4.60. The summed E-state index contributed by atoms with van der Waals surface area (Å²) in [5.41, 5.74) is 2.59. The lowest BCUT2D eigenvalue weighted by atomic mass is 10.0. The van der Waals surface area contributed by atoms with Gasteiger partial charge in [0.15, 0.2) is 0 Å². The Morgan fingerprint density at radius 2 is 2.00 bits per heavy atom. The van der Waals surface area contributed by atoms with Crippen LogP contribution in [-0.2, 0) is 6.54 Å². The highest BCUT2D eigenvalue weighted by Gasteiger charge is 2.26. The molecular formula is C20H22N4. The van der Waals surface area contributed by atoms with Gasteiger partial charge in [0.05, 0.1) is 0 Å². The number of rotatable bonds is 7. The van der Waals surface area contributed by atoms with Gasteiger partial charge in [-0.25, -0.2) is 9.97 Å². The summed E-state index contributed by atoms with van der Waals surface area (Å²) in [7, 11) is 0. The maximum atomic E-state index is 4.53. The van der Waals surface area contributed by atoms with Crippen LogP contribution in [0.25, 0.3) is 5.82 Å². The fourth-order valence-corrected chi connectivity index (χ4v) is 3.02. The molecule has 0 aliphatic heterocycles. The quantitative estimate of drug-likeness (QED) is 0.718. The fourth-order valence-electron chi connectivity index (χ4n) is 3.02. The second-order valence-electron chi connectivity index (χ2n) is 6.52.